The van der Waals surface area contributed by atoms with Crippen LogP contribution in [0.3, 0.4) is 0 Å². The minimum absolute atomic E-state index is 0.0461. The first-order valence-corrected chi connectivity index (χ1v) is 10.5. The average molecular weight is 388 g/mol. The van der Waals surface area contributed by atoms with Crippen molar-refractivity contribution in [1.29, 1.82) is 0 Å². The third-order valence-electron chi connectivity index (χ3n) is 3.83. The Morgan fingerprint density at radius 2 is 0.846 bits per heavy atom. The maximum atomic E-state index is 12.8. The summed E-state index contributed by atoms with van der Waals surface area (Å²) in [5.41, 5.74) is 11.4. The third-order valence-corrected chi connectivity index (χ3v) is 7.48. The molecule has 0 saturated heterocycles. The summed E-state index contributed by atoms with van der Waals surface area (Å²) in [6, 6.07) is 17.6. The van der Waals surface area contributed by atoms with Crippen LogP contribution >= 0.6 is 0 Å². The van der Waals surface area contributed by atoms with Crippen molar-refractivity contribution in [2.45, 2.75) is 19.6 Å². The summed E-state index contributed by atoms with van der Waals surface area (Å²) in [6.07, 6.45) is 0. The topological polar surface area (TPSA) is 120 Å². The number of anilines is 2. The largest absolute Gasteiger partial charge is 0.398 e. The van der Waals surface area contributed by atoms with E-state index in [0.717, 1.165) is 12.1 Å². The summed E-state index contributed by atoms with van der Waals surface area (Å²) < 4.78 is 51.0. The summed E-state index contributed by atoms with van der Waals surface area (Å²) in [5.74, 6) is 0. The fourth-order valence-electron chi connectivity index (χ4n) is 2.51. The highest BCUT2D eigenvalue weighted by molar-refractivity contribution is 7.92. The summed E-state index contributed by atoms with van der Waals surface area (Å²) in [7, 11) is -7.84. The van der Waals surface area contributed by atoms with Gasteiger partial charge in [0.2, 0.25) is 19.7 Å². The molecule has 0 amide bonds. The van der Waals surface area contributed by atoms with Crippen LogP contribution in [0.5, 0.6) is 0 Å². The van der Waals surface area contributed by atoms with Crippen LogP contribution in [0.1, 0.15) is 0 Å². The van der Waals surface area contributed by atoms with Gasteiger partial charge < -0.3 is 11.5 Å². The van der Waals surface area contributed by atoms with Gasteiger partial charge in [-0.25, -0.2) is 16.8 Å². The quantitative estimate of drug-likeness (QED) is 0.663. The number of sulfone groups is 2. The van der Waals surface area contributed by atoms with Crippen LogP contribution in [0.4, 0.5) is 11.4 Å². The van der Waals surface area contributed by atoms with Gasteiger partial charge in [-0.15, -0.1) is 0 Å². The second-order valence-corrected chi connectivity index (χ2v) is 9.40. The molecule has 0 aliphatic rings. The van der Waals surface area contributed by atoms with Gasteiger partial charge in [-0.2, -0.15) is 0 Å². The predicted octanol–water partition coefficient (Wildman–Crippen LogP) is 2.52. The zero-order chi connectivity index (χ0) is 18.9. The van der Waals surface area contributed by atoms with Crippen molar-refractivity contribution < 1.29 is 16.8 Å². The van der Waals surface area contributed by atoms with Gasteiger partial charge in [0.15, 0.2) is 0 Å². The third kappa shape index (κ3) is 3.04. The van der Waals surface area contributed by atoms with Gasteiger partial charge in [0.05, 0.1) is 31.0 Å². The van der Waals surface area contributed by atoms with Gasteiger partial charge in [-0.1, -0.05) is 36.4 Å². The molecule has 0 atom stereocenters. The Labute approximate surface area is 151 Å². The monoisotopic (exact) mass is 388 g/mol. The lowest BCUT2D eigenvalue weighted by Crippen LogP contribution is -2.11. The number of nitrogens with two attached hydrogens (primary N) is 2. The van der Waals surface area contributed by atoms with Crippen LogP contribution in [0.2, 0.25) is 0 Å². The molecule has 4 N–H and O–H groups in total. The zero-order valence-electron chi connectivity index (χ0n) is 13.5. The Morgan fingerprint density at radius 3 is 1.15 bits per heavy atom. The maximum absolute atomic E-state index is 12.8. The maximum Gasteiger partial charge on any atom is 0.208 e. The molecule has 0 fully saturated rings. The number of benzene rings is 3. The first kappa shape index (κ1) is 18.0. The van der Waals surface area contributed by atoms with Crippen molar-refractivity contribution in [3.8, 4) is 0 Å². The first-order valence-electron chi connectivity index (χ1n) is 7.54. The summed E-state index contributed by atoms with van der Waals surface area (Å²) >= 11 is 0. The van der Waals surface area contributed by atoms with E-state index in [-0.39, 0.29) is 31.0 Å². The van der Waals surface area contributed by atoms with Gasteiger partial charge >= 0.3 is 0 Å². The molecular formula is C18H16N2O4S2. The van der Waals surface area contributed by atoms with Gasteiger partial charge in [-0.05, 0) is 36.4 Å². The number of hydrogen-bond acceptors (Lipinski definition) is 6. The molecule has 0 radical (unpaired) electrons. The standard InChI is InChI=1S/C18H16N2O4S2/c19-15-12-18(26(23,24)14-9-5-2-6-10-14)16(20)11-17(15)25(21,22)13-7-3-1-4-8-13/h1-12H,19-20H2. The van der Waals surface area contributed by atoms with Crippen LogP contribution in [-0.4, -0.2) is 16.8 Å². The fraction of sp³-hybridized carbons (Fsp3) is 0. The van der Waals surface area contributed by atoms with Gasteiger partial charge in [0.1, 0.15) is 0 Å². The smallest absolute Gasteiger partial charge is 0.208 e. The lowest BCUT2D eigenvalue weighted by molar-refractivity contribution is 0.593. The van der Waals surface area contributed by atoms with Crippen LogP contribution in [0, 0.1) is 0 Å². The molecule has 0 unspecified atom stereocenters. The molecular weight excluding hydrogens is 372 g/mol. The second-order valence-electron chi connectivity index (χ2n) is 5.56. The van der Waals surface area contributed by atoms with Gasteiger partial charge in [0.25, 0.3) is 0 Å². The molecule has 0 heterocycles. The Morgan fingerprint density at radius 1 is 0.538 bits per heavy atom. The molecule has 6 nitrogen and oxygen atoms in total. The van der Waals surface area contributed by atoms with Crippen LogP contribution in [-0.2, 0) is 19.7 Å². The Hall–Kier alpha value is -2.84. The van der Waals surface area contributed by atoms with Crippen molar-refractivity contribution >= 4 is 31.0 Å². The fourth-order valence-corrected chi connectivity index (χ4v) is 5.35. The zero-order valence-corrected chi connectivity index (χ0v) is 15.2. The molecule has 0 aliphatic heterocycles. The van der Waals surface area contributed by atoms with Crippen molar-refractivity contribution in [2.75, 3.05) is 11.5 Å². The normalized spacial score (nSPS) is 12.0. The van der Waals surface area contributed by atoms with E-state index >= 15 is 0 Å². The molecule has 0 bridgehead atoms. The summed E-state index contributed by atoms with van der Waals surface area (Å²) in [6.45, 7) is 0. The Bertz CT molecular complexity index is 1060. The van der Waals surface area contributed by atoms with Crippen molar-refractivity contribution in [3.63, 3.8) is 0 Å². The number of hydrogen-bond donors (Lipinski definition) is 2. The lowest BCUT2D eigenvalue weighted by atomic mass is 10.3. The highest BCUT2D eigenvalue weighted by Crippen LogP contribution is 2.34. The van der Waals surface area contributed by atoms with E-state index in [9.17, 15) is 16.8 Å². The van der Waals surface area contributed by atoms with E-state index in [1.807, 2.05) is 0 Å². The highest BCUT2D eigenvalue weighted by atomic mass is 32.2. The van der Waals surface area contributed by atoms with Crippen LogP contribution in [0.15, 0.2) is 92.4 Å². The molecule has 0 saturated carbocycles. The van der Waals surface area contributed by atoms with Crippen molar-refractivity contribution in [1.82, 2.24) is 0 Å². The molecule has 3 aromatic carbocycles. The minimum atomic E-state index is -3.92. The molecule has 3 rings (SSSR count). The molecule has 134 valence electrons. The van der Waals surface area contributed by atoms with Crippen LogP contribution in [0.25, 0.3) is 0 Å². The molecule has 0 spiro atoms. The molecule has 8 heteroatoms. The highest BCUT2D eigenvalue weighted by Gasteiger charge is 2.26. The molecule has 3 aromatic rings. The van der Waals surface area contributed by atoms with Gasteiger partial charge in [-0.3, -0.25) is 0 Å². The van der Waals surface area contributed by atoms with Crippen molar-refractivity contribution in [2.24, 2.45) is 0 Å². The summed E-state index contributed by atoms with van der Waals surface area (Å²) in [5, 5.41) is 0. The number of nitrogen functional groups attached to an aromatic ring is 2. The second kappa shape index (κ2) is 6.47. The van der Waals surface area contributed by atoms with E-state index in [1.54, 1.807) is 36.4 Å². The van der Waals surface area contributed by atoms with E-state index in [4.69, 9.17) is 11.5 Å². The minimum Gasteiger partial charge on any atom is -0.398 e. The van der Waals surface area contributed by atoms with E-state index in [0.29, 0.717) is 0 Å². The first-order chi connectivity index (χ1) is 12.2. The average Bonchev–Trinajstić information content (AvgIpc) is 2.64. The van der Waals surface area contributed by atoms with Gasteiger partial charge in [0, 0.05) is 0 Å². The Kier molecular flexibility index (Phi) is 4.47. The van der Waals surface area contributed by atoms with Crippen molar-refractivity contribution in [3.05, 3.63) is 72.8 Å². The van der Waals surface area contributed by atoms with E-state index < -0.39 is 19.7 Å². The summed E-state index contributed by atoms with van der Waals surface area (Å²) in [4.78, 5) is -0.365. The number of rotatable bonds is 4. The SMILES string of the molecule is Nc1cc(S(=O)(=O)c2ccccc2)c(N)cc1S(=O)(=O)c1ccccc1. The lowest BCUT2D eigenvalue weighted by Gasteiger charge is -2.13. The molecule has 26 heavy (non-hydrogen) atoms. The van der Waals surface area contributed by atoms with E-state index in [2.05, 4.69) is 0 Å². The van der Waals surface area contributed by atoms with E-state index in [1.165, 1.54) is 24.3 Å². The molecule has 0 aliphatic carbocycles. The Balaban J connectivity index is 2.17. The predicted molar refractivity (Wildman–Crippen MR) is 99.1 cm³/mol. The molecule has 0 aromatic heterocycles. The van der Waals surface area contributed by atoms with Crippen LogP contribution < -0.4 is 11.5 Å².